The van der Waals surface area contributed by atoms with Gasteiger partial charge in [-0.25, -0.2) is 4.99 Å². The van der Waals surface area contributed by atoms with Crippen LogP contribution in [-0.4, -0.2) is 17.6 Å². The molecule has 0 aliphatic heterocycles. The van der Waals surface area contributed by atoms with Gasteiger partial charge < -0.3 is 4.74 Å². The van der Waals surface area contributed by atoms with Crippen molar-refractivity contribution in [2.45, 2.75) is 37.4 Å². The van der Waals surface area contributed by atoms with Crippen LogP contribution in [0.25, 0.3) is 0 Å². The molecular formula is C14H19NOS2. The predicted molar refractivity (Wildman–Crippen MR) is 82.6 cm³/mol. The lowest BCUT2D eigenvalue weighted by molar-refractivity contribution is 0.417. The first-order chi connectivity index (χ1) is 8.88. The van der Waals surface area contributed by atoms with Gasteiger partial charge >= 0.3 is 0 Å². The van der Waals surface area contributed by atoms with E-state index in [9.17, 15) is 0 Å². The zero-order valence-corrected chi connectivity index (χ0v) is 12.3. The molecule has 0 spiro atoms. The molecule has 0 N–H and O–H groups in total. The fraction of sp³-hybridized carbons (Fsp3) is 0.500. The van der Waals surface area contributed by atoms with Crippen LogP contribution in [0.4, 0.5) is 5.69 Å². The zero-order valence-electron chi connectivity index (χ0n) is 10.7. The van der Waals surface area contributed by atoms with Crippen LogP contribution in [0.1, 0.15) is 32.1 Å². The lowest BCUT2D eigenvalue weighted by atomic mass is 10.0. The molecule has 0 heterocycles. The van der Waals surface area contributed by atoms with Crippen molar-refractivity contribution in [3.05, 3.63) is 30.3 Å². The van der Waals surface area contributed by atoms with Gasteiger partial charge in [0.1, 0.15) is 0 Å². The van der Waals surface area contributed by atoms with E-state index >= 15 is 0 Å². The second-order valence-corrected chi connectivity index (χ2v) is 6.81. The Bertz CT molecular complexity index is 375. The molecule has 0 unspecified atom stereocenters. The Hall–Kier alpha value is -0.610. The van der Waals surface area contributed by atoms with Crippen LogP contribution in [0, 0.1) is 0 Å². The third-order valence-corrected chi connectivity index (χ3v) is 5.73. The highest BCUT2D eigenvalue weighted by Crippen LogP contribution is 2.37. The van der Waals surface area contributed by atoms with Gasteiger partial charge in [-0.1, -0.05) is 48.3 Å². The highest BCUT2D eigenvalue weighted by atomic mass is 33.1. The standard InChI is InChI=1S/C14H19NOS2/c1-16-14(15-12-8-4-2-5-9-12)18-17-13-10-6-3-7-11-13/h2,4-5,8-9,13H,3,6-7,10-11H2,1H3. The van der Waals surface area contributed by atoms with Crippen molar-refractivity contribution in [1.82, 2.24) is 0 Å². The molecule has 1 aromatic rings. The number of ether oxygens (including phenoxy) is 1. The van der Waals surface area contributed by atoms with Gasteiger partial charge in [0.2, 0.25) is 0 Å². The van der Waals surface area contributed by atoms with E-state index in [1.807, 2.05) is 41.1 Å². The lowest BCUT2D eigenvalue weighted by Crippen LogP contribution is -2.07. The highest BCUT2D eigenvalue weighted by molar-refractivity contribution is 8.82. The molecule has 0 amide bonds. The Morgan fingerprint density at radius 3 is 2.56 bits per heavy atom. The molecule has 1 aromatic carbocycles. The summed E-state index contributed by atoms with van der Waals surface area (Å²) in [6.45, 7) is 0. The summed E-state index contributed by atoms with van der Waals surface area (Å²) in [6, 6.07) is 9.96. The first-order valence-electron chi connectivity index (χ1n) is 6.39. The molecule has 0 saturated heterocycles. The van der Waals surface area contributed by atoms with Gasteiger partial charge in [0.05, 0.1) is 12.8 Å². The topological polar surface area (TPSA) is 21.6 Å². The van der Waals surface area contributed by atoms with E-state index in [4.69, 9.17) is 4.74 Å². The van der Waals surface area contributed by atoms with Gasteiger partial charge in [-0.3, -0.25) is 0 Å². The minimum absolute atomic E-state index is 0.747. The number of rotatable bonds is 3. The summed E-state index contributed by atoms with van der Waals surface area (Å²) >= 11 is 0. The van der Waals surface area contributed by atoms with Gasteiger partial charge in [-0.2, -0.15) is 0 Å². The van der Waals surface area contributed by atoms with Gasteiger partial charge in [0.15, 0.2) is 0 Å². The van der Waals surface area contributed by atoms with Crippen molar-refractivity contribution in [3.63, 3.8) is 0 Å². The van der Waals surface area contributed by atoms with Crippen molar-refractivity contribution >= 4 is 32.5 Å². The smallest absolute Gasteiger partial charge is 0.261 e. The molecule has 0 atom stereocenters. The van der Waals surface area contributed by atoms with Gasteiger partial charge in [-0.15, -0.1) is 0 Å². The molecule has 0 aromatic heterocycles. The van der Waals surface area contributed by atoms with Crippen molar-refractivity contribution in [2.75, 3.05) is 7.11 Å². The quantitative estimate of drug-likeness (QED) is 0.440. The summed E-state index contributed by atoms with van der Waals surface area (Å²) in [5.41, 5.74) is 0.950. The van der Waals surface area contributed by atoms with E-state index in [1.54, 1.807) is 17.9 Å². The zero-order chi connectivity index (χ0) is 12.6. The van der Waals surface area contributed by atoms with Gasteiger partial charge in [0, 0.05) is 16.0 Å². The minimum Gasteiger partial charge on any atom is -0.476 e. The molecule has 0 bridgehead atoms. The Labute approximate surface area is 117 Å². The second-order valence-electron chi connectivity index (χ2n) is 4.36. The van der Waals surface area contributed by atoms with Crippen molar-refractivity contribution in [2.24, 2.45) is 4.99 Å². The molecule has 2 nitrogen and oxygen atoms in total. The number of methoxy groups -OCH3 is 1. The monoisotopic (exact) mass is 281 g/mol. The van der Waals surface area contributed by atoms with Crippen molar-refractivity contribution in [1.29, 1.82) is 0 Å². The molecule has 1 saturated carbocycles. The summed E-state index contributed by atoms with van der Waals surface area (Å²) in [5.74, 6) is 0. The molecule has 0 radical (unpaired) electrons. The second kappa shape index (κ2) is 7.74. The highest BCUT2D eigenvalue weighted by Gasteiger charge is 2.15. The van der Waals surface area contributed by atoms with E-state index in [1.165, 1.54) is 32.1 Å². The summed E-state index contributed by atoms with van der Waals surface area (Å²) in [7, 11) is 5.27. The first kappa shape index (κ1) is 13.8. The van der Waals surface area contributed by atoms with Crippen LogP contribution in [0.5, 0.6) is 0 Å². The minimum atomic E-state index is 0.747. The Morgan fingerprint density at radius 1 is 1.17 bits per heavy atom. The fourth-order valence-corrected chi connectivity index (χ4v) is 4.48. The Morgan fingerprint density at radius 2 is 1.89 bits per heavy atom. The summed E-state index contributed by atoms with van der Waals surface area (Å²) < 4.78 is 5.34. The fourth-order valence-electron chi connectivity index (χ4n) is 1.98. The number of nitrogens with zero attached hydrogens (tertiary/aromatic N) is 1. The van der Waals surface area contributed by atoms with Crippen LogP contribution in [0.3, 0.4) is 0 Å². The third-order valence-electron chi connectivity index (χ3n) is 2.96. The normalized spacial score (nSPS) is 17.7. The average molecular weight is 281 g/mol. The molecule has 4 heteroatoms. The lowest BCUT2D eigenvalue weighted by Gasteiger charge is -2.19. The number of hydrogen-bond acceptors (Lipinski definition) is 4. The number of para-hydroxylation sites is 1. The largest absolute Gasteiger partial charge is 0.476 e. The summed E-state index contributed by atoms with van der Waals surface area (Å²) in [4.78, 5) is 4.50. The van der Waals surface area contributed by atoms with Crippen LogP contribution in [-0.2, 0) is 4.74 Å². The van der Waals surface area contributed by atoms with Gasteiger partial charge in [0.25, 0.3) is 5.23 Å². The maximum atomic E-state index is 5.34. The summed E-state index contributed by atoms with van der Waals surface area (Å²) in [6.07, 6.45) is 6.81. The molecule has 18 heavy (non-hydrogen) atoms. The number of benzene rings is 1. The Kier molecular flexibility index (Phi) is 5.94. The SMILES string of the molecule is COC(=Nc1ccccc1)SSC1CCCCC1. The maximum Gasteiger partial charge on any atom is 0.261 e. The van der Waals surface area contributed by atoms with Gasteiger partial charge in [-0.05, 0) is 25.0 Å². The average Bonchev–Trinajstić information content (AvgIpc) is 2.45. The maximum absolute atomic E-state index is 5.34. The number of hydrogen-bond donors (Lipinski definition) is 0. The van der Waals surface area contributed by atoms with E-state index < -0.39 is 0 Å². The van der Waals surface area contributed by atoms with E-state index in [2.05, 4.69) is 4.99 Å². The van der Waals surface area contributed by atoms with Crippen molar-refractivity contribution in [3.8, 4) is 0 Å². The van der Waals surface area contributed by atoms with E-state index in [0.717, 1.165) is 16.2 Å². The molecular weight excluding hydrogens is 262 g/mol. The summed E-state index contributed by atoms with van der Waals surface area (Å²) in [5, 5.41) is 1.51. The molecule has 1 aliphatic carbocycles. The third kappa shape index (κ3) is 4.58. The van der Waals surface area contributed by atoms with Crippen LogP contribution in [0.15, 0.2) is 35.3 Å². The Balaban J connectivity index is 1.87. The van der Waals surface area contributed by atoms with E-state index in [0.29, 0.717) is 0 Å². The molecule has 1 fully saturated rings. The van der Waals surface area contributed by atoms with Crippen molar-refractivity contribution < 1.29 is 4.74 Å². The van der Waals surface area contributed by atoms with Crippen LogP contribution >= 0.6 is 21.6 Å². The molecule has 1 aliphatic rings. The number of aliphatic imine (C=N–C) groups is 1. The molecule has 98 valence electrons. The predicted octanol–water partition coefficient (Wildman–Crippen LogP) is 5.03. The molecule has 2 rings (SSSR count). The van der Waals surface area contributed by atoms with Crippen LogP contribution < -0.4 is 0 Å². The first-order valence-corrected chi connectivity index (χ1v) is 8.61. The van der Waals surface area contributed by atoms with Crippen LogP contribution in [0.2, 0.25) is 0 Å². The van der Waals surface area contributed by atoms with E-state index in [-0.39, 0.29) is 0 Å².